The Kier molecular flexibility index (Phi) is 7.03. The number of hydrogen-bond acceptors (Lipinski definition) is 0. The van der Waals surface area contributed by atoms with Gasteiger partial charge in [0.15, 0.2) is 0 Å². The van der Waals surface area contributed by atoms with E-state index in [9.17, 15) is 0 Å². The van der Waals surface area contributed by atoms with Gasteiger partial charge in [-0.1, -0.05) is 60.7 Å². The van der Waals surface area contributed by atoms with Gasteiger partial charge in [-0.05, 0) is 30.9 Å². The second-order valence-electron chi connectivity index (χ2n) is 5.78. The smallest absolute Gasteiger partial charge is 0.0774 e. The summed E-state index contributed by atoms with van der Waals surface area (Å²) < 4.78 is 0. The van der Waals surface area contributed by atoms with Crippen molar-refractivity contribution in [3.05, 3.63) is 71.8 Å². The number of quaternary nitrogens is 1. The van der Waals surface area contributed by atoms with E-state index in [4.69, 9.17) is 0 Å². The number of hydrogen-bond donors (Lipinski definition) is 1. The fourth-order valence-corrected chi connectivity index (χ4v) is 2.85. The lowest BCUT2D eigenvalue weighted by atomic mass is 10.1. The molecule has 0 spiro atoms. The van der Waals surface area contributed by atoms with Gasteiger partial charge in [0.2, 0.25) is 0 Å². The average Bonchev–Trinajstić information content (AvgIpc) is 2.55. The normalized spacial score (nSPS) is 11.0. The van der Waals surface area contributed by atoms with Crippen LogP contribution >= 0.6 is 0 Å². The predicted molar refractivity (Wildman–Crippen MR) is 90.8 cm³/mol. The van der Waals surface area contributed by atoms with Gasteiger partial charge in [-0.3, -0.25) is 0 Å². The van der Waals surface area contributed by atoms with Gasteiger partial charge in [0.1, 0.15) is 0 Å². The summed E-state index contributed by atoms with van der Waals surface area (Å²) in [5, 5.41) is 0. The summed E-state index contributed by atoms with van der Waals surface area (Å²) in [5.74, 6) is 0. The van der Waals surface area contributed by atoms with Crippen LogP contribution in [-0.2, 0) is 12.8 Å². The van der Waals surface area contributed by atoms with Crippen molar-refractivity contribution in [2.45, 2.75) is 32.6 Å². The molecule has 0 fully saturated rings. The maximum atomic E-state index is 2.31. The Morgan fingerprint density at radius 1 is 0.667 bits per heavy atom. The van der Waals surface area contributed by atoms with E-state index in [-0.39, 0.29) is 0 Å². The largest absolute Gasteiger partial charge is 0.335 e. The van der Waals surface area contributed by atoms with Crippen LogP contribution in [0.3, 0.4) is 0 Å². The van der Waals surface area contributed by atoms with Crippen molar-refractivity contribution < 1.29 is 4.90 Å². The van der Waals surface area contributed by atoms with Gasteiger partial charge in [-0.25, -0.2) is 0 Å². The molecule has 1 heteroatoms. The molecule has 0 aliphatic heterocycles. The van der Waals surface area contributed by atoms with E-state index >= 15 is 0 Å². The molecule has 1 N–H and O–H groups in total. The molecule has 0 saturated carbocycles. The summed E-state index contributed by atoms with van der Waals surface area (Å²) in [6, 6.07) is 21.7. The summed E-state index contributed by atoms with van der Waals surface area (Å²) in [7, 11) is 0. The van der Waals surface area contributed by atoms with E-state index in [2.05, 4.69) is 67.6 Å². The molecule has 21 heavy (non-hydrogen) atoms. The van der Waals surface area contributed by atoms with Crippen molar-refractivity contribution >= 4 is 0 Å². The SMILES string of the molecule is CC[NH+](CCCc1ccccc1)CCCc1ccccc1. The number of rotatable bonds is 9. The van der Waals surface area contributed by atoms with E-state index in [1.165, 1.54) is 56.4 Å². The van der Waals surface area contributed by atoms with E-state index < -0.39 is 0 Å². The standard InChI is InChI=1S/C20H27N/c1-2-21(17-9-15-19-11-5-3-6-12-19)18-10-16-20-13-7-4-8-14-20/h3-8,11-14H,2,9-10,15-18H2,1H3/p+1. The molecule has 0 aliphatic rings. The molecule has 0 unspecified atom stereocenters. The van der Waals surface area contributed by atoms with Crippen LogP contribution < -0.4 is 4.90 Å². The highest BCUT2D eigenvalue weighted by atomic mass is 15.1. The first kappa shape index (κ1) is 15.8. The molecule has 0 saturated heterocycles. The van der Waals surface area contributed by atoms with Gasteiger partial charge < -0.3 is 4.90 Å². The third-order valence-electron chi connectivity index (χ3n) is 4.18. The predicted octanol–water partition coefficient (Wildman–Crippen LogP) is 3.16. The maximum Gasteiger partial charge on any atom is 0.0774 e. The van der Waals surface area contributed by atoms with Gasteiger partial charge in [0.05, 0.1) is 19.6 Å². The molecule has 0 aliphatic carbocycles. The Morgan fingerprint density at radius 2 is 1.10 bits per heavy atom. The molecule has 1 nitrogen and oxygen atoms in total. The zero-order valence-corrected chi connectivity index (χ0v) is 13.2. The van der Waals surface area contributed by atoms with Crippen LogP contribution in [0.1, 0.15) is 30.9 Å². The van der Waals surface area contributed by atoms with E-state index in [1.807, 2.05) is 0 Å². The zero-order chi connectivity index (χ0) is 14.8. The minimum Gasteiger partial charge on any atom is -0.335 e. The van der Waals surface area contributed by atoms with Gasteiger partial charge in [-0.2, -0.15) is 0 Å². The van der Waals surface area contributed by atoms with Crippen molar-refractivity contribution in [1.29, 1.82) is 0 Å². The molecule has 2 aromatic carbocycles. The Hall–Kier alpha value is -1.60. The van der Waals surface area contributed by atoms with Crippen LogP contribution in [0.15, 0.2) is 60.7 Å². The Balaban J connectivity index is 1.64. The molecule has 0 heterocycles. The number of nitrogens with one attached hydrogen (secondary N) is 1. The first-order valence-corrected chi connectivity index (χ1v) is 8.30. The van der Waals surface area contributed by atoms with Crippen molar-refractivity contribution in [2.75, 3.05) is 19.6 Å². The molecule has 112 valence electrons. The Morgan fingerprint density at radius 3 is 1.48 bits per heavy atom. The summed E-state index contributed by atoms with van der Waals surface area (Å²) in [4.78, 5) is 1.74. The van der Waals surface area contributed by atoms with E-state index in [0.29, 0.717) is 0 Å². The maximum absolute atomic E-state index is 2.31. The fourth-order valence-electron chi connectivity index (χ4n) is 2.85. The third kappa shape index (κ3) is 6.14. The van der Waals surface area contributed by atoms with Crippen molar-refractivity contribution in [2.24, 2.45) is 0 Å². The van der Waals surface area contributed by atoms with Crippen molar-refractivity contribution in [1.82, 2.24) is 0 Å². The van der Waals surface area contributed by atoms with E-state index in [1.54, 1.807) is 4.90 Å². The lowest BCUT2D eigenvalue weighted by molar-refractivity contribution is -0.898. The van der Waals surface area contributed by atoms with Crippen LogP contribution in [0, 0.1) is 0 Å². The number of benzene rings is 2. The molecule has 2 rings (SSSR count). The van der Waals surface area contributed by atoms with Crippen LogP contribution in [0.2, 0.25) is 0 Å². The lowest BCUT2D eigenvalue weighted by Gasteiger charge is -2.17. The Bertz CT molecular complexity index is 432. The van der Waals surface area contributed by atoms with Gasteiger partial charge in [-0.15, -0.1) is 0 Å². The quantitative estimate of drug-likeness (QED) is 0.720. The molecular weight excluding hydrogens is 254 g/mol. The summed E-state index contributed by atoms with van der Waals surface area (Å²) in [6.07, 6.45) is 5.00. The minimum absolute atomic E-state index is 1.21. The molecule has 0 amide bonds. The lowest BCUT2D eigenvalue weighted by Crippen LogP contribution is -3.11. The average molecular weight is 282 g/mol. The summed E-state index contributed by atoms with van der Waals surface area (Å²) in [5.41, 5.74) is 2.94. The van der Waals surface area contributed by atoms with E-state index in [0.717, 1.165) is 0 Å². The van der Waals surface area contributed by atoms with Crippen molar-refractivity contribution in [3.63, 3.8) is 0 Å². The van der Waals surface area contributed by atoms with Gasteiger partial charge in [0.25, 0.3) is 0 Å². The third-order valence-corrected chi connectivity index (χ3v) is 4.18. The highest BCUT2D eigenvalue weighted by molar-refractivity contribution is 5.15. The van der Waals surface area contributed by atoms with Crippen LogP contribution in [0.4, 0.5) is 0 Å². The Labute approximate surface area is 129 Å². The molecule has 0 bridgehead atoms. The van der Waals surface area contributed by atoms with Gasteiger partial charge in [0, 0.05) is 12.8 Å². The highest BCUT2D eigenvalue weighted by Gasteiger charge is 2.05. The zero-order valence-electron chi connectivity index (χ0n) is 13.2. The van der Waals surface area contributed by atoms with Gasteiger partial charge >= 0.3 is 0 Å². The summed E-state index contributed by atoms with van der Waals surface area (Å²) >= 11 is 0. The molecule has 0 atom stereocenters. The second kappa shape index (κ2) is 9.36. The highest BCUT2D eigenvalue weighted by Crippen LogP contribution is 2.02. The first-order valence-electron chi connectivity index (χ1n) is 8.30. The molecular formula is C20H28N+. The monoisotopic (exact) mass is 282 g/mol. The first-order chi connectivity index (χ1) is 10.4. The second-order valence-corrected chi connectivity index (χ2v) is 5.78. The minimum atomic E-state index is 1.21. The van der Waals surface area contributed by atoms with Crippen molar-refractivity contribution in [3.8, 4) is 0 Å². The molecule has 0 aromatic heterocycles. The molecule has 2 aromatic rings. The van der Waals surface area contributed by atoms with Crippen LogP contribution in [-0.4, -0.2) is 19.6 Å². The van der Waals surface area contributed by atoms with Crippen LogP contribution in [0.25, 0.3) is 0 Å². The topological polar surface area (TPSA) is 4.44 Å². The van der Waals surface area contributed by atoms with Crippen LogP contribution in [0.5, 0.6) is 0 Å². The summed E-state index contributed by atoms with van der Waals surface area (Å²) in [6.45, 7) is 6.13. The number of aryl methyl sites for hydroxylation is 2. The fraction of sp³-hybridized carbons (Fsp3) is 0.400. The molecule has 0 radical (unpaired) electrons.